The molecule has 3 aromatic rings. The normalized spacial score (nSPS) is 11.9. The van der Waals surface area contributed by atoms with Crippen LogP contribution < -0.4 is 14.8 Å². The molecule has 0 bridgehead atoms. The van der Waals surface area contributed by atoms with Crippen molar-refractivity contribution in [1.29, 1.82) is 0 Å². The van der Waals surface area contributed by atoms with E-state index in [1.54, 1.807) is 19.2 Å². The molecule has 3 nitrogen and oxygen atoms in total. The van der Waals surface area contributed by atoms with Crippen molar-refractivity contribution in [3.05, 3.63) is 91.9 Å². The van der Waals surface area contributed by atoms with Crippen LogP contribution in [0.5, 0.6) is 11.5 Å². The summed E-state index contributed by atoms with van der Waals surface area (Å²) in [6.45, 7) is 3.20. The van der Waals surface area contributed by atoms with Crippen LogP contribution in [0.1, 0.15) is 30.0 Å². The summed E-state index contributed by atoms with van der Waals surface area (Å²) in [5, 5.41) is 4.74. The molecule has 0 saturated heterocycles. The Morgan fingerprint density at radius 3 is 2.35 bits per heavy atom. The van der Waals surface area contributed by atoms with Crippen LogP contribution in [0, 0.1) is 0 Å². The SMILES string of the molecule is COc1cc(CN[C@H](C)CCc2ccccc2)cc(Br)c1OCc1c(Cl)cccc1Cl. The van der Waals surface area contributed by atoms with Crippen LogP contribution in [-0.2, 0) is 19.6 Å². The quantitative estimate of drug-likeness (QED) is 0.300. The van der Waals surface area contributed by atoms with Crippen LogP contribution in [0.15, 0.2) is 65.1 Å². The minimum Gasteiger partial charge on any atom is -0.493 e. The maximum absolute atomic E-state index is 6.25. The first-order chi connectivity index (χ1) is 15.0. The molecule has 164 valence electrons. The maximum Gasteiger partial charge on any atom is 0.175 e. The van der Waals surface area contributed by atoms with E-state index in [0.29, 0.717) is 27.6 Å². The summed E-state index contributed by atoms with van der Waals surface area (Å²) in [4.78, 5) is 0. The van der Waals surface area contributed by atoms with E-state index in [4.69, 9.17) is 32.7 Å². The number of hydrogen-bond acceptors (Lipinski definition) is 3. The van der Waals surface area contributed by atoms with Gasteiger partial charge >= 0.3 is 0 Å². The molecule has 0 spiro atoms. The molecule has 0 aliphatic carbocycles. The van der Waals surface area contributed by atoms with Crippen molar-refractivity contribution in [3.63, 3.8) is 0 Å². The summed E-state index contributed by atoms with van der Waals surface area (Å²) in [7, 11) is 1.64. The first-order valence-corrected chi connectivity index (χ1v) is 11.7. The Bertz CT molecular complexity index is 978. The third-order valence-electron chi connectivity index (χ3n) is 5.08. The second-order valence-corrected chi connectivity index (χ2v) is 9.07. The summed E-state index contributed by atoms with van der Waals surface area (Å²) < 4.78 is 12.4. The third-order valence-corrected chi connectivity index (χ3v) is 6.37. The second kappa shape index (κ2) is 11.8. The summed E-state index contributed by atoms with van der Waals surface area (Å²) in [6, 6.07) is 20.4. The fourth-order valence-corrected chi connectivity index (χ4v) is 4.36. The van der Waals surface area contributed by atoms with Crippen LogP contribution in [0.25, 0.3) is 0 Å². The highest BCUT2D eigenvalue weighted by atomic mass is 79.9. The predicted molar refractivity (Wildman–Crippen MR) is 133 cm³/mol. The van der Waals surface area contributed by atoms with E-state index in [2.05, 4.69) is 52.4 Å². The number of aryl methyl sites for hydroxylation is 1. The first-order valence-electron chi connectivity index (χ1n) is 10.2. The van der Waals surface area contributed by atoms with E-state index in [9.17, 15) is 0 Å². The number of halogens is 3. The van der Waals surface area contributed by atoms with E-state index >= 15 is 0 Å². The molecule has 3 aromatic carbocycles. The minimum absolute atomic E-state index is 0.252. The fourth-order valence-electron chi connectivity index (χ4n) is 3.25. The van der Waals surface area contributed by atoms with Gasteiger partial charge < -0.3 is 14.8 Å². The summed E-state index contributed by atoms with van der Waals surface area (Å²) in [5.41, 5.74) is 3.22. The van der Waals surface area contributed by atoms with Crippen molar-refractivity contribution < 1.29 is 9.47 Å². The summed E-state index contributed by atoms with van der Waals surface area (Å²) >= 11 is 16.1. The fraction of sp³-hybridized carbons (Fsp3) is 0.280. The van der Waals surface area contributed by atoms with Gasteiger partial charge in [0.1, 0.15) is 6.61 Å². The average Bonchev–Trinajstić information content (AvgIpc) is 2.77. The maximum atomic E-state index is 6.25. The van der Waals surface area contributed by atoms with Gasteiger partial charge in [-0.05, 0) is 71.1 Å². The van der Waals surface area contributed by atoms with Gasteiger partial charge in [-0.15, -0.1) is 0 Å². The van der Waals surface area contributed by atoms with Crippen molar-refractivity contribution in [2.45, 2.75) is 39.0 Å². The number of nitrogens with one attached hydrogen (secondary N) is 1. The van der Waals surface area contributed by atoms with Gasteiger partial charge in [0, 0.05) is 28.2 Å². The Balaban J connectivity index is 1.61. The van der Waals surface area contributed by atoms with Crippen molar-refractivity contribution in [2.75, 3.05) is 7.11 Å². The molecule has 0 aromatic heterocycles. The van der Waals surface area contributed by atoms with Crippen molar-refractivity contribution in [3.8, 4) is 11.5 Å². The first kappa shape index (κ1) is 23.9. The van der Waals surface area contributed by atoms with Crippen molar-refractivity contribution in [1.82, 2.24) is 5.32 Å². The lowest BCUT2D eigenvalue weighted by molar-refractivity contribution is 0.282. The van der Waals surface area contributed by atoms with Crippen LogP contribution in [-0.4, -0.2) is 13.2 Å². The summed E-state index contributed by atoms with van der Waals surface area (Å²) in [5.74, 6) is 1.28. The smallest absolute Gasteiger partial charge is 0.175 e. The topological polar surface area (TPSA) is 30.5 Å². The Kier molecular flexibility index (Phi) is 9.09. The molecule has 0 fully saturated rings. The van der Waals surface area contributed by atoms with Gasteiger partial charge in [-0.2, -0.15) is 0 Å². The number of benzene rings is 3. The zero-order chi connectivity index (χ0) is 22.2. The Morgan fingerprint density at radius 2 is 1.68 bits per heavy atom. The zero-order valence-electron chi connectivity index (χ0n) is 17.6. The average molecular weight is 523 g/mol. The van der Waals surface area contributed by atoms with E-state index in [1.807, 2.05) is 24.3 Å². The highest BCUT2D eigenvalue weighted by Gasteiger charge is 2.14. The lowest BCUT2D eigenvalue weighted by atomic mass is 10.1. The molecule has 31 heavy (non-hydrogen) atoms. The van der Waals surface area contributed by atoms with Crippen LogP contribution in [0.2, 0.25) is 10.0 Å². The predicted octanol–water partition coefficient (Wildman–Crippen LogP) is 7.45. The monoisotopic (exact) mass is 521 g/mol. The second-order valence-electron chi connectivity index (χ2n) is 7.40. The molecule has 6 heteroatoms. The van der Waals surface area contributed by atoms with E-state index in [-0.39, 0.29) is 6.61 Å². The molecule has 0 saturated carbocycles. The molecule has 1 atom stereocenters. The number of rotatable bonds is 10. The Hall–Kier alpha value is -1.72. The third kappa shape index (κ3) is 6.88. The van der Waals surface area contributed by atoms with Gasteiger partial charge in [-0.1, -0.05) is 59.6 Å². The van der Waals surface area contributed by atoms with Gasteiger partial charge in [-0.3, -0.25) is 0 Å². The standard InChI is InChI=1S/C25H26BrCl2NO2/c1-17(11-12-18-7-4-3-5-8-18)29-15-19-13-21(26)25(24(14-19)30-2)31-16-20-22(27)9-6-10-23(20)28/h3-10,13-14,17,29H,11-12,15-16H2,1-2H3/t17-/m1/s1. The lowest BCUT2D eigenvalue weighted by Crippen LogP contribution is -2.26. The molecular formula is C25H26BrCl2NO2. The Morgan fingerprint density at radius 1 is 0.968 bits per heavy atom. The molecule has 0 aliphatic heterocycles. The molecule has 0 amide bonds. The van der Waals surface area contributed by atoms with E-state index < -0.39 is 0 Å². The van der Waals surface area contributed by atoms with Gasteiger partial charge in [0.2, 0.25) is 0 Å². The highest BCUT2D eigenvalue weighted by Crippen LogP contribution is 2.38. The molecule has 3 rings (SSSR count). The van der Waals surface area contributed by atoms with E-state index in [0.717, 1.165) is 35.0 Å². The van der Waals surface area contributed by atoms with Gasteiger partial charge in [-0.25, -0.2) is 0 Å². The van der Waals surface area contributed by atoms with Gasteiger partial charge in [0.15, 0.2) is 11.5 Å². The summed E-state index contributed by atoms with van der Waals surface area (Å²) in [6.07, 6.45) is 2.13. The lowest BCUT2D eigenvalue weighted by Gasteiger charge is -2.17. The Labute approximate surface area is 202 Å². The highest BCUT2D eigenvalue weighted by molar-refractivity contribution is 9.10. The van der Waals surface area contributed by atoms with Crippen molar-refractivity contribution in [2.24, 2.45) is 0 Å². The van der Waals surface area contributed by atoms with Crippen LogP contribution in [0.4, 0.5) is 0 Å². The molecular weight excluding hydrogens is 497 g/mol. The molecule has 1 N–H and O–H groups in total. The van der Waals surface area contributed by atoms with Crippen LogP contribution >= 0.6 is 39.1 Å². The van der Waals surface area contributed by atoms with Gasteiger partial charge in [0.25, 0.3) is 0 Å². The molecule has 0 aliphatic rings. The molecule has 0 radical (unpaired) electrons. The molecule has 0 heterocycles. The number of hydrogen-bond donors (Lipinski definition) is 1. The van der Waals surface area contributed by atoms with Gasteiger partial charge in [0.05, 0.1) is 11.6 Å². The zero-order valence-corrected chi connectivity index (χ0v) is 20.7. The minimum atomic E-state index is 0.252. The van der Waals surface area contributed by atoms with Crippen LogP contribution in [0.3, 0.4) is 0 Å². The number of methoxy groups -OCH3 is 1. The largest absolute Gasteiger partial charge is 0.493 e. The molecule has 0 unspecified atom stereocenters. The number of ether oxygens (including phenoxy) is 2. The van der Waals surface area contributed by atoms with Crippen molar-refractivity contribution >= 4 is 39.1 Å². The van der Waals surface area contributed by atoms with E-state index in [1.165, 1.54) is 5.56 Å².